The van der Waals surface area contributed by atoms with Crippen molar-refractivity contribution in [1.29, 1.82) is 0 Å². The summed E-state index contributed by atoms with van der Waals surface area (Å²) in [6, 6.07) is 5.51. The first kappa shape index (κ1) is 12.9. The molecule has 3 N–H and O–H groups in total. The molecule has 0 aliphatic rings. The second-order valence-electron chi connectivity index (χ2n) is 4.41. The molecular weight excluding hydrogens is 198 g/mol. The van der Waals surface area contributed by atoms with Gasteiger partial charge >= 0.3 is 0 Å². The minimum atomic E-state index is 0.187. The molecule has 0 aliphatic carbocycles. The average molecular weight is 221 g/mol. The molecule has 0 aliphatic heterocycles. The van der Waals surface area contributed by atoms with Crippen molar-refractivity contribution in [3.63, 3.8) is 0 Å². The summed E-state index contributed by atoms with van der Waals surface area (Å²) in [5, 5.41) is 9.29. The maximum atomic E-state index is 9.29. The molecule has 0 radical (unpaired) electrons. The van der Waals surface area contributed by atoms with Crippen LogP contribution in [-0.2, 0) is 6.42 Å². The molecule has 0 fully saturated rings. The van der Waals surface area contributed by atoms with Crippen molar-refractivity contribution < 1.29 is 5.11 Å². The first-order chi connectivity index (χ1) is 7.74. The first-order valence-electron chi connectivity index (χ1n) is 6.31. The van der Waals surface area contributed by atoms with E-state index in [9.17, 15) is 5.11 Å². The quantitative estimate of drug-likeness (QED) is 0.417. The van der Waals surface area contributed by atoms with Crippen molar-refractivity contribution in [2.24, 2.45) is 0 Å². The molecule has 0 bridgehead atoms. The Morgan fingerprint density at radius 3 is 2.44 bits per heavy atom. The fourth-order valence-electron chi connectivity index (χ4n) is 1.87. The van der Waals surface area contributed by atoms with Crippen molar-refractivity contribution in [3.8, 4) is 5.75 Å². The zero-order chi connectivity index (χ0) is 11.8. The van der Waals surface area contributed by atoms with E-state index in [1.807, 2.05) is 12.1 Å². The predicted octanol–water partition coefficient (Wildman–Crippen LogP) is 3.88. The van der Waals surface area contributed by atoms with Gasteiger partial charge in [-0.3, -0.25) is 0 Å². The molecule has 2 nitrogen and oxygen atoms in total. The molecule has 2 heteroatoms. The minimum absolute atomic E-state index is 0.187. The maximum Gasteiger partial charge on any atom is 0.138 e. The third-order valence-corrected chi connectivity index (χ3v) is 2.91. The highest BCUT2D eigenvalue weighted by Crippen LogP contribution is 2.21. The number of aromatic hydroxyl groups is 1. The highest BCUT2D eigenvalue weighted by molar-refractivity contribution is 5.53. The van der Waals surface area contributed by atoms with E-state index in [1.165, 1.54) is 44.1 Å². The molecule has 1 aromatic rings. The molecule has 0 unspecified atom stereocenters. The molecule has 90 valence electrons. The second-order valence-corrected chi connectivity index (χ2v) is 4.41. The van der Waals surface area contributed by atoms with Crippen LogP contribution in [0.5, 0.6) is 5.75 Å². The van der Waals surface area contributed by atoms with Gasteiger partial charge in [0.1, 0.15) is 5.75 Å². The van der Waals surface area contributed by atoms with Crippen LogP contribution in [0.1, 0.15) is 51.0 Å². The molecule has 0 saturated heterocycles. The Kier molecular flexibility index (Phi) is 5.76. The highest BCUT2D eigenvalue weighted by Gasteiger charge is 1.98. The van der Waals surface area contributed by atoms with Crippen molar-refractivity contribution in [2.45, 2.75) is 51.9 Å². The van der Waals surface area contributed by atoms with Gasteiger partial charge in [0.25, 0.3) is 0 Å². The summed E-state index contributed by atoms with van der Waals surface area (Å²) < 4.78 is 0. The molecule has 0 amide bonds. The summed E-state index contributed by atoms with van der Waals surface area (Å²) in [5.74, 6) is 0.187. The third-order valence-electron chi connectivity index (χ3n) is 2.91. The number of hydrogen-bond donors (Lipinski definition) is 2. The normalized spacial score (nSPS) is 10.6. The number of nitrogen functional groups attached to an aromatic ring is 1. The third kappa shape index (κ3) is 4.56. The Hall–Kier alpha value is -1.18. The number of rotatable bonds is 7. The van der Waals surface area contributed by atoms with Crippen LogP contribution in [0.15, 0.2) is 18.2 Å². The van der Waals surface area contributed by atoms with Gasteiger partial charge in [-0.15, -0.1) is 0 Å². The molecule has 0 aromatic heterocycles. The van der Waals surface area contributed by atoms with Crippen molar-refractivity contribution >= 4 is 5.69 Å². The van der Waals surface area contributed by atoms with E-state index in [0.29, 0.717) is 5.69 Å². The Labute approximate surface area is 98.5 Å². The van der Waals surface area contributed by atoms with Gasteiger partial charge < -0.3 is 10.8 Å². The molecule has 1 rings (SSSR count). The molecule has 16 heavy (non-hydrogen) atoms. The number of phenols is 1. The van der Waals surface area contributed by atoms with E-state index >= 15 is 0 Å². The number of phenolic OH excluding ortho intramolecular Hbond substituents is 1. The Balaban J connectivity index is 2.19. The standard InChI is InChI=1S/C14H23NO/c1-2-3-4-5-6-7-8-12-9-10-14(16)13(15)11-12/h9-11,16H,2-8,15H2,1H3. The van der Waals surface area contributed by atoms with Crippen molar-refractivity contribution in [2.75, 3.05) is 5.73 Å². The number of anilines is 1. The van der Waals surface area contributed by atoms with E-state index in [0.717, 1.165) is 6.42 Å². The lowest BCUT2D eigenvalue weighted by atomic mass is 10.0. The zero-order valence-corrected chi connectivity index (χ0v) is 10.2. The first-order valence-corrected chi connectivity index (χ1v) is 6.31. The van der Waals surface area contributed by atoms with E-state index in [1.54, 1.807) is 6.07 Å². The minimum Gasteiger partial charge on any atom is -0.506 e. The largest absolute Gasteiger partial charge is 0.506 e. The topological polar surface area (TPSA) is 46.2 Å². The van der Waals surface area contributed by atoms with Crippen molar-refractivity contribution in [1.82, 2.24) is 0 Å². The lowest BCUT2D eigenvalue weighted by molar-refractivity contribution is 0.477. The number of benzene rings is 1. The second kappa shape index (κ2) is 7.15. The van der Waals surface area contributed by atoms with Crippen molar-refractivity contribution in [3.05, 3.63) is 23.8 Å². The van der Waals surface area contributed by atoms with E-state index < -0.39 is 0 Å². The lowest BCUT2D eigenvalue weighted by Gasteiger charge is -2.04. The smallest absolute Gasteiger partial charge is 0.138 e. The van der Waals surface area contributed by atoms with Gasteiger partial charge in [-0.25, -0.2) is 0 Å². The van der Waals surface area contributed by atoms with Crippen LogP contribution in [-0.4, -0.2) is 5.11 Å². The van der Waals surface area contributed by atoms with Crippen LogP contribution in [0, 0.1) is 0 Å². The van der Waals surface area contributed by atoms with Gasteiger partial charge in [0.15, 0.2) is 0 Å². The summed E-state index contributed by atoms with van der Waals surface area (Å²) in [6.45, 7) is 2.24. The molecule has 0 heterocycles. The maximum absolute atomic E-state index is 9.29. The summed E-state index contributed by atoms with van der Waals surface area (Å²) in [7, 11) is 0. The van der Waals surface area contributed by atoms with Gasteiger partial charge in [-0.2, -0.15) is 0 Å². The fraction of sp³-hybridized carbons (Fsp3) is 0.571. The van der Waals surface area contributed by atoms with Gasteiger partial charge in [-0.1, -0.05) is 45.1 Å². The molecule has 1 aromatic carbocycles. The lowest BCUT2D eigenvalue weighted by Crippen LogP contribution is -1.90. The highest BCUT2D eigenvalue weighted by atomic mass is 16.3. The molecule has 0 atom stereocenters. The number of unbranched alkanes of at least 4 members (excludes halogenated alkanes) is 5. The predicted molar refractivity (Wildman–Crippen MR) is 69.6 cm³/mol. The van der Waals surface area contributed by atoms with E-state index in [-0.39, 0.29) is 5.75 Å². The average Bonchev–Trinajstić information content (AvgIpc) is 2.28. The zero-order valence-electron chi connectivity index (χ0n) is 10.2. The van der Waals surface area contributed by atoms with E-state index in [2.05, 4.69) is 6.92 Å². The summed E-state index contributed by atoms with van der Waals surface area (Å²) in [6.07, 6.45) is 8.92. The van der Waals surface area contributed by atoms with E-state index in [4.69, 9.17) is 5.73 Å². The van der Waals surface area contributed by atoms with Gasteiger partial charge in [0.2, 0.25) is 0 Å². The summed E-state index contributed by atoms with van der Waals surface area (Å²) >= 11 is 0. The Morgan fingerprint density at radius 1 is 1.06 bits per heavy atom. The summed E-state index contributed by atoms with van der Waals surface area (Å²) in [5.41, 5.74) is 7.36. The van der Waals surface area contributed by atoms with Gasteiger partial charge in [0, 0.05) is 0 Å². The molecular formula is C14H23NO. The number of aryl methyl sites for hydroxylation is 1. The number of nitrogens with two attached hydrogens (primary N) is 1. The SMILES string of the molecule is CCCCCCCCc1ccc(O)c(N)c1. The van der Waals surface area contributed by atoms with Crippen LogP contribution in [0.3, 0.4) is 0 Å². The Bertz CT molecular complexity index is 310. The van der Waals surface area contributed by atoms with Crippen LogP contribution in [0.25, 0.3) is 0 Å². The van der Waals surface area contributed by atoms with Crippen LogP contribution in [0.4, 0.5) is 5.69 Å². The fourth-order valence-corrected chi connectivity index (χ4v) is 1.87. The van der Waals surface area contributed by atoms with Gasteiger partial charge in [0.05, 0.1) is 5.69 Å². The summed E-state index contributed by atoms with van der Waals surface area (Å²) in [4.78, 5) is 0. The Morgan fingerprint density at radius 2 is 1.75 bits per heavy atom. The van der Waals surface area contributed by atoms with Crippen LogP contribution >= 0.6 is 0 Å². The van der Waals surface area contributed by atoms with Crippen LogP contribution < -0.4 is 5.73 Å². The van der Waals surface area contributed by atoms with Crippen LogP contribution in [0.2, 0.25) is 0 Å². The monoisotopic (exact) mass is 221 g/mol. The molecule has 0 spiro atoms. The number of hydrogen-bond acceptors (Lipinski definition) is 2. The molecule has 0 saturated carbocycles. The van der Waals surface area contributed by atoms with Gasteiger partial charge in [-0.05, 0) is 30.5 Å².